The second kappa shape index (κ2) is 14.2. The quantitative estimate of drug-likeness (QED) is 0.299. The molecular formula is C32H41N3O5S. The summed E-state index contributed by atoms with van der Waals surface area (Å²) in [5, 5.41) is 2.91. The van der Waals surface area contributed by atoms with Crippen molar-refractivity contribution in [2.24, 2.45) is 0 Å². The van der Waals surface area contributed by atoms with Crippen LogP contribution in [0.15, 0.2) is 77.7 Å². The normalized spacial score (nSPS) is 12.1. The molecule has 3 aromatic carbocycles. The number of nitrogens with one attached hydrogen (secondary N) is 1. The molecule has 1 N–H and O–H groups in total. The summed E-state index contributed by atoms with van der Waals surface area (Å²) in [6.45, 7) is 11.4. The van der Waals surface area contributed by atoms with E-state index >= 15 is 0 Å². The van der Waals surface area contributed by atoms with Gasteiger partial charge in [-0.05, 0) is 83.0 Å². The van der Waals surface area contributed by atoms with E-state index in [-0.39, 0.29) is 23.4 Å². The fourth-order valence-corrected chi connectivity index (χ4v) is 5.85. The van der Waals surface area contributed by atoms with Crippen LogP contribution in [0.2, 0.25) is 0 Å². The minimum Gasteiger partial charge on any atom is -0.494 e. The lowest BCUT2D eigenvalue weighted by Gasteiger charge is -2.33. The molecule has 0 aliphatic heterocycles. The third-order valence-corrected chi connectivity index (χ3v) is 8.40. The number of anilines is 1. The summed E-state index contributed by atoms with van der Waals surface area (Å²) < 4.78 is 34.6. The number of amides is 2. The first-order valence-corrected chi connectivity index (χ1v) is 15.4. The first-order chi connectivity index (χ1) is 19.5. The Kier molecular flexibility index (Phi) is 10.9. The van der Waals surface area contributed by atoms with Gasteiger partial charge in [0.25, 0.3) is 10.0 Å². The number of hydrogen-bond donors (Lipinski definition) is 1. The van der Waals surface area contributed by atoms with Crippen molar-refractivity contribution in [3.8, 4) is 5.75 Å². The predicted octanol–water partition coefficient (Wildman–Crippen LogP) is 5.23. The highest BCUT2D eigenvalue weighted by atomic mass is 32.2. The van der Waals surface area contributed by atoms with Gasteiger partial charge in [0.05, 0.1) is 17.2 Å². The number of carbonyl (C=O) groups is 2. The van der Waals surface area contributed by atoms with E-state index in [1.807, 2.05) is 65.8 Å². The molecule has 0 radical (unpaired) electrons. The van der Waals surface area contributed by atoms with Crippen LogP contribution in [0.4, 0.5) is 5.69 Å². The van der Waals surface area contributed by atoms with E-state index in [1.54, 1.807) is 36.4 Å². The van der Waals surface area contributed by atoms with E-state index < -0.39 is 28.5 Å². The van der Waals surface area contributed by atoms with Crippen molar-refractivity contribution in [2.75, 3.05) is 17.5 Å². The SMILES string of the molecule is CCOc1ccc(S(=O)(=O)N(CC(=O)N(Cc2ccc(C)cc2)C(CC)C(=O)NC(C)C)c2ccc(C)cc2)cc1. The largest absolute Gasteiger partial charge is 0.494 e. The summed E-state index contributed by atoms with van der Waals surface area (Å²) in [6, 6.07) is 19.9. The van der Waals surface area contributed by atoms with Crippen LogP contribution in [0.5, 0.6) is 5.75 Å². The Labute approximate surface area is 244 Å². The molecular weight excluding hydrogens is 538 g/mol. The lowest BCUT2D eigenvalue weighted by atomic mass is 10.1. The molecule has 0 heterocycles. The highest BCUT2D eigenvalue weighted by Crippen LogP contribution is 2.26. The summed E-state index contributed by atoms with van der Waals surface area (Å²) in [5.74, 6) is -0.207. The zero-order valence-corrected chi connectivity index (χ0v) is 25.6. The van der Waals surface area contributed by atoms with Crippen LogP contribution >= 0.6 is 0 Å². The van der Waals surface area contributed by atoms with E-state index in [4.69, 9.17) is 4.74 Å². The summed E-state index contributed by atoms with van der Waals surface area (Å²) in [6.07, 6.45) is 0.367. The van der Waals surface area contributed by atoms with Crippen molar-refractivity contribution in [2.45, 2.75) is 71.5 Å². The van der Waals surface area contributed by atoms with Gasteiger partial charge < -0.3 is 15.0 Å². The van der Waals surface area contributed by atoms with Crippen molar-refractivity contribution in [1.82, 2.24) is 10.2 Å². The van der Waals surface area contributed by atoms with Gasteiger partial charge in [0, 0.05) is 12.6 Å². The number of benzene rings is 3. The summed E-state index contributed by atoms with van der Waals surface area (Å²) in [7, 11) is -4.15. The van der Waals surface area contributed by atoms with Crippen LogP contribution < -0.4 is 14.4 Å². The molecule has 0 spiro atoms. The van der Waals surface area contributed by atoms with Crippen LogP contribution in [-0.4, -0.2) is 50.4 Å². The van der Waals surface area contributed by atoms with Crippen molar-refractivity contribution in [3.05, 3.63) is 89.5 Å². The molecule has 1 unspecified atom stereocenters. The van der Waals surface area contributed by atoms with Gasteiger partial charge >= 0.3 is 0 Å². The van der Waals surface area contributed by atoms with Crippen molar-refractivity contribution < 1.29 is 22.7 Å². The fourth-order valence-electron chi connectivity index (χ4n) is 4.43. The highest BCUT2D eigenvalue weighted by Gasteiger charge is 2.33. The van der Waals surface area contributed by atoms with Crippen LogP contribution in [0.3, 0.4) is 0 Å². The molecule has 0 aliphatic rings. The van der Waals surface area contributed by atoms with E-state index in [2.05, 4.69) is 5.32 Å². The maximum atomic E-state index is 14.1. The monoisotopic (exact) mass is 579 g/mol. The second-order valence-corrected chi connectivity index (χ2v) is 12.2. The molecule has 9 heteroatoms. The Balaban J connectivity index is 2.04. The van der Waals surface area contributed by atoms with E-state index in [0.29, 0.717) is 24.5 Å². The molecule has 0 saturated carbocycles. The molecule has 0 saturated heterocycles. The number of sulfonamides is 1. The van der Waals surface area contributed by atoms with Crippen LogP contribution in [0.1, 0.15) is 50.8 Å². The third kappa shape index (κ3) is 8.33. The lowest BCUT2D eigenvalue weighted by molar-refractivity contribution is -0.140. The van der Waals surface area contributed by atoms with Gasteiger partial charge in [0.1, 0.15) is 18.3 Å². The zero-order valence-electron chi connectivity index (χ0n) is 24.8. The molecule has 41 heavy (non-hydrogen) atoms. The molecule has 8 nitrogen and oxygen atoms in total. The Morgan fingerprint density at radius 3 is 1.93 bits per heavy atom. The minimum absolute atomic E-state index is 0.0315. The average Bonchev–Trinajstić information content (AvgIpc) is 2.93. The van der Waals surface area contributed by atoms with Crippen molar-refractivity contribution >= 4 is 27.5 Å². The number of rotatable bonds is 13. The van der Waals surface area contributed by atoms with Gasteiger partial charge in [-0.2, -0.15) is 0 Å². The Bertz CT molecular complexity index is 1400. The molecule has 2 amide bonds. The zero-order chi connectivity index (χ0) is 30.2. The summed E-state index contributed by atoms with van der Waals surface area (Å²) in [5.41, 5.74) is 3.22. The molecule has 0 bridgehead atoms. The van der Waals surface area contributed by atoms with Gasteiger partial charge in [-0.1, -0.05) is 54.4 Å². The Morgan fingerprint density at radius 1 is 0.854 bits per heavy atom. The maximum absolute atomic E-state index is 14.1. The number of nitrogens with zero attached hydrogens (tertiary/aromatic N) is 2. The topological polar surface area (TPSA) is 96.0 Å². The molecule has 0 aromatic heterocycles. The molecule has 220 valence electrons. The van der Waals surface area contributed by atoms with Gasteiger partial charge in [-0.3, -0.25) is 13.9 Å². The maximum Gasteiger partial charge on any atom is 0.264 e. The van der Waals surface area contributed by atoms with Crippen LogP contribution in [0.25, 0.3) is 0 Å². The standard InChI is InChI=1S/C32H41N3O5S/c1-7-30(32(37)33-23(3)4)34(21-26-13-9-24(5)10-14-26)31(36)22-35(27-15-11-25(6)12-16-27)41(38,39)29-19-17-28(18-20-29)40-8-2/h9-20,23,30H,7-8,21-22H2,1-6H3,(H,33,37). The van der Waals surface area contributed by atoms with Crippen molar-refractivity contribution in [1.29, 1.82) is 0 Å². The number of hydrogen-bond acceptors (Lipinski definition) is 5. The first kappa shape index (κ1) is 31.7. The number of carbonyl (C=O) groups excluding carboxylic acids is 2. The molecule has 0 aliphatic carbocycles. The molecule has 0 fully saturated rings. The van der Waals surface area contributed by atoms with Crippen LogP contribution in [-0.2, 0) is 26.2 Å². The van der Waals surface area contributed by atoms with Crippen LogP contribution in [0, 0.1) is 13.8 Å². The highest BCUT2D eigenvalue weighted by molar-refractivity contribution is 7.92. The smallest absolute Gasteiger partial charge is 0.264 e. The number of aryl methyl sites for hydroxylation is 2. The Hall–Kier alpha value is -3.85. The average molecular weight is 580 g/mol. The van der Waals surface area contributed by atoms with Crippen molar-refractivity contribution in [3.63, 3.8) is 0 Å². The summed E-state index contributed by atoms with van der Waals surface area (Å²) >= 11 is 0. The van der Waals surface area contributed by atoms with E-state index in [9.17, 15) is 18.0 Å². The minimum atomic E-state index is -4.15. The van der Waals surface area contributed by atoms with E-state index in [1.165, 1.54) is 17.0 Å². The van der Waals surface area contributed by atoms with Gasteiger partial charge in [-0.25, -0.2) is 8.42 Å². The molecule has 1 atom stereocenters. The predicted molar refractivity (Wildman–Crippen MR) is 162 cm³/mol. The van der Waals surface area contributed by atoms with E-state index in [0.717, 1.165) is 21.0 Å². The number of ether oxygens (including phenoxy) is 1. The second-order valence-electron chi connectivity index (χ2n) is 10.3. The molecule has 3 aromatic rings. The molecule has 3 rings (SSSR count). The first-order valence-electron chi connectivity index (χ1n) is 13.9. The lowest BCUT2D eigenvalue weighted by Crippen LogP contribution is -2.53. The summed E-state index contributed by atoms with van der Waals surface area (Å²) in [4.78, 5) is 28.8. The Morgan fingerprint density at radius 2 is 1.41 bits per heavy atom. The van der Waals surface area contributed by atoms with Gasteiger partial charge in [-0.15, -0.1) is 0 Å². The van der Waals surface area contributed by atoms with Gasteiger partial charge in [0.15, 0.2) is 0 Å². The fraction of sp³-hybridized carbons (Fsp3) is 0.375. The third-order valence-electron chi connectivity index (χ3n) is 6.61. The van der Waals surface area contributed by atoms with Gasteiger partial charge in [0.2, 0.25) is 11.8 Å².